The topological polar surface area (TPSA) is 54.9 Å². The minimum Gasteiger partial charge on any atom is -0.355 e. The van der Waals surface area contributed by atoms with Gasteiger partial charge in [-0.15, -0.1) is 10.2 Å². The Morgan fingerprint density at radius 2 is 1.83 bits per heavy atom. The molecule has 0 spiro atoms. The fourth-order valence-corrected chi connectivity index (χ4v) is 5.11. The van der Waals surface area contributed by atoms with E-state index in [0.717, 1.165) is 14.4 Å². The largest absolute Gasteiger partial charge is 0.355 e. The van der Waals surface area contributed by atoms with E-state index in [1.807, 2.05) is 13.8 Å². The number of rotatable bonds is 8. The standard InChI is InChI=1S/C17H23N3OS3/c1-5-18-15(21)12(4)23-17-20-19-16(24-17)22-10-13-6-8-14(9-7-13)11(2)3/h6-9,11-12H,5,10H2,1-4H3,(H,18,21)/t12-/m0/s1. The normalized spacial score (nSPS) is 12.4. The molecule has 24 heavy (non-hydrogen) atoms. The number of nitrogens with one attached hydrogen (secondary N) is 1. The molecule has 1 heterocycles. The SMILES string of the molecule is CCNC(=O)[C@H](C)Sc1nnc(SCc2ccc(C(C)C)cc2)s1. The van der Waals surface area contributed by atoms with Gasteiger partial charge in [-0.05, 0) is 30.9 Å². The highest BCUT2D eigenvalue weighted by Gasteiger charge is 2.16. The molecule has 2 rings (SSSR count). The molecule has 1 aromatic heterocycles. The molecule has 0 saturated carbocycles. The molecule has 4 nitrogen and oxygen atoms in total. The highest BCUT2D eigenvalue weighted by Crippen LogP contribution is 2.32. The van der Waals surface area contributed by atoms with Crippen molar-refractivity contribution in [3.63, 3.8) is 0 Å². The molecule has 0 bridgehead atoms. The van der Waals surface area contributed by atoms with Crippen molar-refractivity contribution in [2.45, 2.75) is 53.3 Å². The van der Waals surface area contributed by atoms with Crippen LogP contribution in [0.5, 0.6) is 0 Å². The average molecular weight is 382 g/mol. The number of carbonyl (C=O) groups is 1. The van der Waals surface area contributed by atoms with Gasteiger partial charge in [-0.1, -0.05) is 73.0 Å². The van der Waals surface area contributed by atoms with Crippen LogP contribution in [-0.4, -0.2) is 27.9 Å². The van der Waals surface area contributed by atoms with Gasteiger partial charge in [0.25, 0.3) is 0 Å². The average Bonchev–Trinajstić information content (AvgIpc) is 3.01. The highest BCUT2D eigenvalue weighted by molar-refractivity contribution is 8.03. The number of hydrogen-bond acceptors (Lipinski definition) is 6. The third-order valence-corrected chi connectivity index (χ3v) is 6.71. The molecule has 0 aliphatic carbocycles. The van der Waals surface area contributed by atoms with Crippen molar-refractivity contribution in [2.75, 3.05) is 6.54 Å². The van der Waals surface area contributed by atoms with Gasteiger partial charge in [0.2, 0.25) is 5.91 Å². The fourth-order valence-electron chi connectivity index (χ4n) is 1.97. The van der Waals surface area contributed by atoms with Gasteiger partial charge in [-0.2, -0.15) is 0 Å². The number of benzene rings is 1. The molecule has 0 fully saturated rings. The summed E-state index contributed by atoms with van der Waals surface area (Å²) < 4.78 is 1.78. The van der Waals surface area contributed by atoms with Gasteiger partial charge in [0, 0.05) is 12.3 Å². The summed E-state index contributed by atoms with van der Waals surface area (Å²) >= 11 is 4.69. The van der Waals surface area contributed by atoms with E-state index in [0.29, 0.717) is 12.5 Å². The molecule has 1 amide bonds. The summed E-state index contributed by atoms with van der Waals surface area (Å²) in [4.78, 5) is 11.8. The van der Waals surface area contributed by atoms with Crippen LogP contribution in [0.25, 0.3) is 0 Å². The Hall–Kier alpha value is -1.05. The lowest BCUT2D eigenvalue weighted by Crippen LogP contribution is -2.30. The number of hydrogen-bond donors (Lipinski definition) is 1. The van der Waals surface area contributed by atoms with Crippen LogP contribution >= 0.6 is 34.9 Å². The Balaban J connectivity index is 1.86. The molecule has 0 unspecified atom stereocenters. The van der Waals surface area contributed by atoms with Crippen LogP contribution in [-0.2, 0) is 10.5 Å². The van der Waals surface area contributed by atoms with Crippen LogP contribution in [0.1, 0.15) is 44.7 Å². The lowest BCUT2D eigenvalue weighted by atomic mass is 10.0. The van der Waals surface area contributed by atoms with Gasteiger partial charge in [0.05, 0.1) is 5.25 Å². The van der Waals surface area contributed by atoms with Crippen molar-refractivity contribution in [1.82, 2.24) is 15.5 Å². The lowest BCUT2D eigenvalue weighted by molar-refractivity contribution is -0.120. The van der Waals surface area contributed by atoms with E-state index in [9.17, 15) is 4.79 Å². The van der Waals surface area contributed by atoms with E-state index in [1.54, 1.807) is 23.1 Å². The molecule has 0 radical (unpaired) electrons. The van der Waals surface area contributed by atoms with Crippen LogP contribution in [0.4, 0.5) is 0 Å². The Bertz CT molecular complexity index is 655. The number of nitrogens with zero attached hydrogens (tertiary/aromatic N) is 2. The maximum atomic E-state index is 11.8. The number of thioether (sulfide) groups is 2. The molecule has 0 aliphatic rings. The summed E-state index contributed by atoms with van der Waals surface area (Å²) in [5.41, 5.74) is 2.64. The maximum Gasteiger partial charge on any atom is 0.233 e. The predicted molar refractivity (Wildman–Crippen MR) is 104 cm³/mol. The van der Waals surface area contributed by atoms with Crippen molar-refractivity contribution in [2.24, 2.45) is 0 Å². The molecule has 0 saturated heterocycles. The number of amides is 1. The fraction of sp³-hybridized carbons (Fsp3) is 0.471. The van der Waals surface area contributed by atoms with Crippen LogP contribution in [0, 0.1) is 0 Å². The second kappa shape index (κ2) is 9.44. The first kappa shape index (κ1) is 19.3. The molecule has 0 aliphatic heterocycles. The molecular weight excluding hydrogens is 358 g/mol. The van der Waals surface area contributed by atoms with Crippen molar-refractivity contribution in [3.05, 3.63) is 35.4 Å². The van der Waals surface area contributed by atoms with E-state index in [-0.39, 0.29) is 11.2 Å². The van der Waals surface area contributed by atoms with Crippen molar-refractivity contribution in [1.29, 1.82) is 0 Å². The lowest BCUT2D eigenvalue weighted by Gasteiger charge is -2.07. The number of carbonyl (C=O) groups excluding carboxylic acids is 1. The van der Waals surface area contributed by atoms with E-state index >= 15 is 0 Å². The Morgan fingerprint density at radius 3 is 2.46 bits per heavy atom. The first-order valence-corrected chi connectivity index (χ1v) is 10.7. The first-order valence-electron chi connectivity index (χ1n) is 7.99. The second-order valence-electron chi connectivity index (χ2n) is 5.67. The Morgan fingerprint density at radius 1 is 1.17 bits per heavy atom. The maximum absolute atomic E-state index is 11.8. The smallest absolute Gasteiger partial charge is 0.233 e. The monoisotopic (exact) mass is 381 g/mol. The van der Waals surface area contributed by atoms with Crippen molar-refractivity contribution >= 4 is 40.8 Å². The quantitative estimate of drug-likeness (QED) is 0.679. The molecule has 1 N–H and O–H groups in total. The van der Waals surface area contributed by atoms with Crippen molar-refractivity contribution in [3.8, 4) is 0 Å². The van der Waals surface area contributed by atoms with Gasteiger partial charge in [-0.25, -0.2) is 0 Å². The summed E-state index contributed by atoms with van der Waals surface area (Å²) in [5.74, 6) is 1.47. The van der Waals surface area contributed by atoms with Gasteiger partial charge in [0.15, 0.2) is 8.68 Å². The molecule has 130 valence electrons. The van der Waals surface area contributed by atoms with Crippen LogP contribution in [0.2, 0.25) is 0 Å². The molecule has 7 heteroatoms. The zero-order valence-electron chi connectivity index (χ0n) is 14.4. The van der Waals surface area contributed by atoms with Crippen LogP contribution < -0.4 is 5.32 Å². The van der Waals surface area contributed by atoms with Gasteiger partial charge >= 0.3 is 0 Å². The number of aromatic nitrogens is 2. The minimum atomic E-state index is -0.153. The van der Waals surface area contributed by atoms with Gasteiger partial charge in [0.1, 0.15) is 0 Å². The summed E-state index contributed by atoms with van der Waals surface area (Å²) in [6, 6.07) is 8.73. The summed E-state index contributed by atoms with van der Waals surface area (Å²) in [7, 11) is 0. The zero-order chi connectivity index (χ0) is 17.5. The van der Waals surface area contributed by atoms with Crippen molar-refractivity contribution < 1.29 is 4.79 Å². The molecule has 2 aromatic rings. The second-order valence-corrected chi connectivity index (χ2v) is 9.46. The van der Waals surface area contributed by atoms with E-state index in [1.165, 1.54) is 22.9 Å². The Labute approximate surface area is 156 Å². The summed E-state index contributed by atoms with van der Waals surface area (Å²) in [5, 5.41) is 11.1. The highest BCUT2D eigenvalue weighted by atomic mass is 32.2. The van der Waals surface area contributed by atoms with Crippen LogP contribution in [0.15, 0.2) is 32.9 Å². The Kier molecular flexibility index (Phi) is 7.58. The molecule has 1 aromatic carbocycles. The van der Waals surface area contributed by atoms with Crippen LogP contribution in [0.3, 0.4) is 0 Å². The van der Waals surface area contributed by atoms with E-state index < -0.39 is 0 Å². The first-order chi connectivity index (χ1) is 11.5. The summed E-state index contributed by atoms with van der Waals surface area (Å²) in [6.07, 6.45) is 0. The summed E-state index contributed by atoms with van der Waals surface area (Å²) in [6.45, 7) is 8.86. The molecule has 1 atom stereocenters. The van der Waals surface area contributed by atoms with Gasteiger partial charge < -0.3 is 5.32 Å². The van der Waals surface area contributed by atoms with E-state index in [4.69, 9.17) is 0 Å². The minimum absolute atomic E-state index is 0.0390. The third-order valence-electron chi connectivity index (χ3n) is 3.39. The van der Waals surface area contributed by atoms with Gasteiger partial charge in [-0.3, -0.25) is 4.79 Å². The predicted octanol–water partition coefficient (Wildman–Crippen LogP) is 4.57. The van der Waals surface area contributed by atoms with E-state index in [2.05, 4.69) is 53.6 Å². The third kappa shape index (κ3) is 5.79. The zero-order valence-corrected chi connectivity index (χ0v) is 16.9. The molecular formula is C17H23N3OS3.